The lowest BCUT2D eigenvalue weighted by Crippen LogP contribution is -2.31. The summed E-state index contributed by atoms with van der Waals surface area (Å²) in [6.45, 7) is -0.250. The van der Waals surface area contributed by atoms with E-state index in [1.807, 2.05) is 7.05 Å². The smallest absolute Gasteiger partial charge is 0.290 e. The van der Waals surface area contributed by atoms with Gasteiger partial charge in [0.2, 0.25) is 0 Å². The van der Waals surface area contributed by atoms with Crippen LogP contribution in [0, 0.1) is 0 Å². The zero-order valence-corrected chi connectivity index (χ0v) is 5.63. The third kappa shape index (κ3) is 3.97. The van der Waals surface area contributed by atoms with E-state index in [2.05, 4.69) is 5.32 Å². The van der Waals surface area contributed by atoms with Crippen LogP contribution in [0.25, 0.3) is 0 Å². The van der Waals surface area contributed by atoms with Gasteiger partial charge in [-0.3, -0.25) is 4.79 Å². The van der Waals surface area contributed by atoms with E-state index in [1.54, 1.807) is 0 Å². The van der Waals surface area contributed by atoms with E-state index in [0.29, 0.717) is 0 Å². The quantitative estimate of drug-likeness (QED) is 0.508. The predicted octanol–water partition coefficient (Wildman–Crippen LogP) is 0.459. The molecule has 0 saturated heterocycles. The summed E-state index contributed by atoms with van der Waals surface area (Å²) in [5, 5.41) is 10.1. The van der Waals surface area contributed by atoms with Gasteiger partial charge in [-0.2, -0.15) is 0 Å². The second kappa shape index (κ2) is 5.56. The average Bonchev–Trinajstić information content (AvgIpc) is 1.64. The van der Waals surface area contributed by atoms with E-state index in [-0.39, 0.29) is 6.47 Å². The van der Waals surface area contributed by atoms with Crippen molar-refractivity contribution in [2.45, 2.75) is 25.3 Å². The highest BCUT2D eigenvalue weighted by molar-refractivity contribution is 5.32. The van der Waals surface area contributed by atoms with Crippen molar-refractivity contribution in [3.63, 3.8) is 0 Å². The SMILES string of the molecule is CNC1CCC1.O=CO. The van der Waals surface area contributed by atoms with Gasteiger partial charge in [-0.1, -0.05) is 6.42 Å². The summed E-state index contributed by atoms with van der Waals surface area (Å²) in [5.74, 6) is 0. The molecule has 0 spiro atoms. The van der Waals surface area contributed by atoms with Gasteiger partial charge in [-0.15, -0.1) is 0 Å². The molecule has 0 aromatic carbocycles. The van der Waals surface area contributed by atoms with Crippen LogP contribution in [0.5, 0.6) is 0 Å². The van der Waals surface area contributed by atoms with Crippen LogP contribution in [0.1, 0.15) is 19.3 Å². The van der Waals surface area contributed by atoms with Crippen molar-refractivity contribution in [1.82, 2.24) is 5.32 Å². The maximum Gasteiger partial charge on any atom is 0.290 e. The number of carboxylic acid groups (broad SMARTS) is 1. The van der Waals surface area contributed by atoms with Gasteiger partial charge in [-0.05, 0) is 19.9 Å². The van der Waals surface area contributed by atoms with Crippen LogP contribution in [0.3, 0.4) is 0 Å². The number of rotatable bonds is 1. The first-order chi connectivity index (χ1) is 4.35. The first kappa shape index (κ1) is 8.43. The average molecular weight is 131 g/mol. The summed E-state index contributed by atoms with van der Waals surface area (Å²) in [7, 11) is 2.03. The van der Waals surface area contributed by atoms with E-state index >= 15 is 0 Å². The zero-order valence-electron chi connectivity index (χ0n) is 5.63. The second-order valence-electron chi connectivity index (χ2n) is 2.02. The van der Waals surface area contributed by atoms with Gasteiger partial charge in [0.05, 0.1) is 0 Å². The van der Waals surface area contributed by atoms with Crippen molar-refractivity contribution in [3.05, 3.63) is 0 Å². The normalized spacial score (nSPS) is 17.0. The van der Waals surface area contributed by atoms with E-state index in [1.165, 1.54) is 19.3 Å². The Kier molecular flexibility index (Phi) is 5.21. The summed E-state index contributed by atoms with van der Waals surface area (Å²) in [5.41, 5.74) is 0. The molecular formula is C6H13NO2. The Balaban J connectivity index is 0.000000187. The maximum absolute atomic E-state index is 8.36. The second-order valence-corrected chi connectivity index (χ2v) is 2.02. The van der Waals surface area contributed by atoms with Crippen LogP contribution in [-0.4, -0.2) is 24.7 Å². The fourth-order valence-corrected chi connectivity index (χ4v) is 0.697. The molecule has 9 heavy (non-hydrogen) atoms. The Morgan fingerprint density at radius 3 is 2.11 bits per heavy atom. The molecule has 0 radical (unpaired) electrons. The Bertz CT molecular complexity index is 68.7. The van der Waals surface area contributed by atoms with Crippen molar-refractivity contribution < 1.29 is 9.90 Å². The minimum absolute atomic E-state index is 0.250. The summed E-state index contributed by atoms with van der Waals surface area (Å²) < 4.78 is 0. The molecule has 3 heteroatoms. The van der Waals surface area contributed by atoms with Crippen LogP contribution in [0.15, 0.2) is 0 Å². The number of hydrogen-bond donors (Lipinski definition) is 2. The summed E-state index contributed by atoms with van der Waals surface area (Å²) >= 11 is 0. The van der Waals surface area contributed by atoms with Crippen molar-refractivity contribution in [3.8, 4) is 0 Å². The first-order valence-electron chi connectivity index (χ1n) is 3.10. The molecule has 0 heterocycles. The largest absolute Gasteiger partial charge is 0.483 e. The Morgan fingerprint density at radius 1 is 1.67 bits per heavy atom. The van der Waals surface area contributed by atoms with Crippen molar-refractivity contribution in [1.29, 1.82) is 0 Å². The molecule has 0 aliphatic heterocycles. The Hall–Kier alpha value is -0.570. The number of nitrogens with one attached hydrogen (secondary N) is 1. The standard InChI is InChI=1S/C5H11N.CH2O2/c1-6-5-3-2-4-5;2-1-3/h5-6H,2-4H2,1H3;1H,(H,2,3). The van der Waals surface area contributed by atoms with Crippen LogP contribution >= 0.6 is 0 Å². The van der Waals surface area contributed by atoms with Crippen molar-refractivity contribution in [2.24, 2.45) is 0 Å². The van der Waals surface area contributed by atoms with Gasteiger partial charge in [0.15, 0.2) is 0 Å². The Morgan fingerprint density at radius 2 is 2.11 bits per heavy atom. The minimum atomic E-state index is -0.250. The topological polar surface area (TPSA) is 49.3 Å². The van der Waals surface area contributed by atoms with Crippen LogP contribution in [0.4, 0.5) is 0 Å². The van der Waals surface area contributed by atoms with Gasteiger partial charge in [0.1, 0.15) is 0 Å². The summed E-state index contributed by atoms with van der Waals surface area (Å²) in [6.07, 6.45) is 4.23. The molecule has 0 aromatic heterocycles. The fraction of sp³-hybridized carbons (Fsp3) is 0.833. The molecule has 1 fully saturated rings. The molecule has 3 nitrogen and oxygen atoms in total. The van der Waals surface area contributed by atoms with E-state index < -0.39 is 0 Å². The molecule has 2 N–H and O–H groups in total. The highest BCUT2D eigenvalue weighted by Gasteiger charge is 2.13. The van der Waals surface area contributed by atoms with Crippen molar-refractivity contribution in [2.75, 3.05) is 7.05 Å². The molecular weight excluding hydrogens is 118 g/mol. The van der Waals surface area contributed by atoms with Crippen molar-refractivity contribution >= 4 is 6.47 Å². The third-order valence-electron chi connectivity index (χ3n) is 1.51. The molecule has 0 aromatic rings. The van der Waals surface area contributed by atoms with Gasteiger partial charge in [0.25, 0.3) is 6.47 Å². The lowest BCUT2D eigenvalue weighted by Gasteiger charge is -2.23. The zero-order chi connectivity index (χ0) is 7.11. The van der Waals surface area contributed by atoms with Crippen LogP contribution in [-0.2, 0) is 4.79 Å². The molecule has 1 rings (SSSR count). The third-order valence-corrected chi connectivity index (χ3v) is 1.51. The van der Waals surface area contributed by atoms with Crippen LogP contribution < -0.4 is 5.32 Å². The van der Waals surface area contributed by atoms with E-state index in [4.69, 9.17) is 9.90 Å². The molecule has 54 valence electrons. The molecule has 0 bridgehead atoms. The number of hydrogen-bond acceptors (Lipinski definition) is 2. The van der Waals surface area contributed by atoms with Crippen LogP contribution in [0.2, 0.25) is 0 Å². The predicted molar refractivity (Wildman–Crippen MR) is 35.4 cm³/mol. The number of carbonyl (C=O) groups is 1. The summed E-state index contributed by atoms with van der Waals surface area (Å²) in [4.78, 5) is 8.36. The van der Waals surface area contributed by atoms with Gasteiger partial charge < -0.3 is 10.4 Å². The van der Waals surface area contributed by atoms with E-state index in [9.17, 15) is 0 Å². The molecule has 0 unspecified atom stereocenters. The van der Waals surface area contributed by atoms with Gasteiger partial charge in [-0.25, -0.2) is 0 Å². The molecule has 1 aliphatic rings. The molecule has 1 aliphatic carbocycles. The Labute approximate surface area is 55.1 Å². The molecule has 0 atom stereocenters. The highest BCUT2D eigenvalue weighted by atomic mass is 16.3. The molecule has 0 amide bonds. The first-order valence-corrected chi connectivity index (χ1v) is 3.10. The molecule has 1 saturated carbocycles. The maximum atomic E-state index is 8.36. The van der Waals surface area contributed by atoms with Gasteiger partial charge >= 0.3 is 0 Å². The van der Waals surface area contributed by atoms with Gasteiger partial charge in [0, 0.05) is 6.04 Å². The monoisotopic (exact) mass is 131 g/mol. The minimum Gasteiger partial charge on any atom is -0.483 e. The lowest BCUT2D eigenvalue weighted by atomic mass is 9.94. The lowest BCUT2D eigenvalue weighted by molar-refractivity contribution is -0.122. The summed E-state index contributed by atoms with van der Waals surface area (Å²) in [6, 6.07) is 0.866. The highest BCUT2D eigenvalue weighted by Crippen LogP contribution is 2.16. The fourth-order valence-electron chi connectivity index (χ4n) is 0.697. The van der Waals surface area contributed by atoms with E-state index in [0.717, 1.165) is 6.04 Å².